The van der Waals surface area contributed by atoms with E-state index in [9.17, 15) is 31.1 Å². The van der Waals surface area contributed by atoms with Gasteiger partial charge < -0.3 is 9.15 Å². The first-order chi connectivity index (χ1) is 12.0. The highest BCUT2D eigenvalue weighted by atomic mass is 19.4. The van der Waals surface area contributed by atoms with E-state index in [2.05, 4.69) is 4.74 Å². The van der Waals surface area contributed by atoms with Gasteiger partial charge in [-0.05, 0) is 23.8 Å². The quantitative estimate of drug-likeness (QED) is 0.566. The molecule has 0 aliphatic rings. The van der Waals surface area contributed by atoms with Gasteiger partial charge in [0.05, 0.1) is 5.39 Å². The molecule has 1 heterocycles. The lowest BCUT2D eigenvalue weighted by molar-refractivity contribution is -0.274. The summed E-state index contributed by atoms with van der Waals surface area (Å²) in [7, 11) is 0. The topological polar surface area (TPSA) is 39.4 Å². The van der Waals surface area contributed by atoms with Gasteiger partial charge in [0.15, 0.2) is 5.43 Å². The normalized spacial score (nSPS) is 12.4. The molecule has 2 aromatic carbocycles. The van der Waals surface area contributed by atoms with Crippen molar-refractivity contribution >= 4 is 11.0 Å². The molecule has 26 heavy (non-hydrogen) atoms. The van der Waals surface area contributed by atoms with E-state index in [1.165, 1.54) is 30.3 Å². The average molecular weight is 374 g/mol. The summed E-state index contributed by atoms with van der Waals surface area (Å²) < 4.78 is 84.6. The Kier molecular flexibility index (Phi) is 4.17. The van der Waals surface area contributed by atoms with Gasteiger partial charge in [0.2, 0.25) is 5.76 Å². The van der Waals surface area contributed by atoms with Crippen molar-refractivity contribution in [3.8, 4) is 16.9 Å². The molecule has 0 bridgehead atoms. The van der Waals surface area contributed by atoms with Crippen LogP contribution in [0.4, 0.5) is 26.3 Å². The minimum absolute atomic E-state index is 0.0215. The number of alkyl halides is 6. The molecule has 136 valence electrons. The van der Waals surface area contributed by atoms with Crippen LogP contribution in [0.1, 0.15) is 5.76 Å². The summed E-state index contributed by atoms with van der Waals surface area (Å²) >= 11 is 0. The van der Waals surface area contributed by atoms with Crippen molar-refractivity contribution < 1.29 is 35.5 Å². The van der Waals surface area contributed by atoms with E-state index in [0.29, 0.717) is 6.07 Å². The van der Waals surface area contributed by atoms with Gasteiger partial charge in [-0.1, -0.05) is 24.3 Å². The summed E-state index contributed by atoms with van der Waals surface area (Å²) in [6.45, 7) is 0. The molecular weight excluding hydrogens is 366 g/mol. The second-order valence-electron chi connectivity index (χ2n) is 5.23. The summed E-state index contributed by atoms with van der Waals surface area (Å²) in [6.07, 6.45) is -9.82. The van der Waals surface area contributed by atoms with Crippen LogP contribution in [0.3, 0.4) is 0 Å². The highest BCUT2D eigenvalue weighted by molar-refractivity contribution is 5.84. The van der Waals surface area contributed by atoms with E-state index >= 15 is 0 Å². The zero-order valence-electron chi connectivity index (χ0n) is 12.6. The third kappa shape index (κ3) is 3.66. The summed E-state index contributed by atoms with van der Waals surface area (Å²) in [6, 6.07) is 8.97. The smallest absolute Gasteiger partial charge is 0.451 e. The molecule has 0 amide bonds. The van der Waals surface area contributed by atoms with Crippen LogP contribution in [0.5, 0.6) is 5.75 Å². The average Bonchev–Trinajstić information content (AvgIpc) is 2.52. The van der Waals surface area contributed by atoms with Crippen LogP contribution in [0.2, 0.25) is 0 Å². The molecule has 0 atom stereocenters. The Morgan fingerprint density at radius 1 is 0.885 bits per heavy atom. The predicted octanol–water partition coefficient (Wildman–Crippen LogP) is 5.38. The Hall–Kier alpha value is -2.97. The van der Waals surface area contributed by atoms with Gasteiger partial charge in [-0.15, -0.1) is 13.2 Å². The van der Waals surface area contributed by atoms with Gasteiger partial charge in [0.1, 0.15) is 11.3 Å². The number of halogens is 6. The van der Waals surface area contributed by atoms with Crippen molar-refractivity contribution in [1.29, 1.82) is 0 Å². The fourth-order valence-corrected chi connectivity index (χ4v) is 2.38. The first-order valence-electron chi connectivity index (χ1n) is 7.05. The minimum atomic E-state index is -4.94. The fourth-order valence-electron chi connectivity index (χ4n) is 2.38. The number of ether oxygens (including phenoxy) is 1. The van der Waals surface area contributed by atoms with E-state index in [4.69, 9.17) is 4.42 Å². The lowest BCUT2D eigenvalue weighted by Crippen LogP contribution is -2.17. The van der Waals surface area contributed by atoms with Crippen LogP contribution in [-0.2, 0) is 6.18 Å². The summed E-state index contributed by atoms with van der Waals surface area (Å²) in [4.78, 5) is 11.8. The number of fused-ring (bicyclic) bond motifs is 1. The summed E-state index contributed by atoms with van der Waals surface area (Å²) in [5, 5.41) is -0.129. The molecule has 3 rings (SSSR count). The fraction of sp³-hybridized carbons (Fsp3) is 0.118. The second-order valence-corrected chi connectivity index (χ2v) is 5.23. The maximum atomic E-state index is 12.8. The number of rotatable bonds is 2. The molecule has 3 aromatic rings. The lowest BCUT2D eigenvalue weighted by Gasteiger charge is -2.13. The number of para-hydroxylation sites is 1. The van der Waals surface area contributed by atoms with Crippen molar-refractivity contribution in [3.05, 3.63) is 64.5 Å². The van der Waals surface area contributed by atoms with E-state index < -0.39 is 35.1 Å². The molecule has 0 aliphatic carbocycles. The van der Waals surface area contributed by atoms with Crippen LogP contribution in [0.15, 0.2) is 57.7 Å². The first-order valence-corrected chi connectivity index (χ1v) is 7.05. The maximum Gasteiger partial charge on any atom is 0.573 e. The van der Waals surface area contributed by atoms with Crippen LogP contribution >= 0.6 is 0 Å². The van der Waals surface area contributed by atoms with Crippen LogP contribution in [0.25, 0.3) is 22.1 Å². The van der Waals surface area contributed by atoms with Crippen LogP contribution in [-0.4, -0.2) is 6.36 Å². The van der Waals surface area contributed by atoms with Crippen molar-refractivity contribution in [2.75, 3.05) is 0 Å². The highest BCUT2D eigenvalue weighted by Gasteiger charge is 2.35. The molecule has 0 radical (unpaired) electrons. The molecule has 0 spiro atoms. The molecule has 0 aliphatic heterocycles. The van der Waals surface area contributed by atoms with Crippen molar-refractivity contribution in [3.63, 3.8) is 0 Å². The Bertz CT molecular complexity index is 1020. The zero-order chi connectivity index (χ0) is 19.1. The van der Waals surface area contributed by atoms with Gasteiger partial charge in [0.25, 0.3) is 0 Å². The molecular formula is C17H8F6O3. The first kappa shape index (κ1) is 17.8. The monoisotopic (exact) mass is 374 g/mol. The Morgan fingerprint density at radius 2 is 1.58 bits per heavy atom. The molecule has 9 heteroatoms. The Morgan fingerprint density at radius 3 is 2.23 bits per heavy atom. The van der Waals surface area contributed by atoms with Crippen LogP contribution in [0, 0.1) is 0 Å². The number of hydrogen-bond acceptors (Lipinski definition) is 3. The van der Waals surface area contributed by atoms with Gasteiger partial charge in [-0.25, -0.2) is 0 Å². The third-order valence-corrected chi connectivity index (χ3v) is 3.43. The Balaban J connectivity index is 2.17. The summed E-state index contributed by atoms with van der Waals surface area (Å²) in [5.74, 6) is -2.03. The van der Waals surface area contributed by atoms with E-state index in [0.717, 1.165) is 12.1 Å². The predicted molar refractivity (Wildman–Crippen MR) is 79.6 cm³/mol. The van der Waals surface area contributed by atoms with Gasteiger partial charge in [0, 0.05) is 11.6 Å². The maximum absolute atomic E-state index is 12.8. The van der Waals surface area contributed by atoms with E-state index in [1.54, 1.807) is 0 Å². The standard InChI is InChI=1S/C17H8F6O3/c18-16(19,20)15-8-12(24)11-6-5-9(7-14(11)25-15)10-3-1-2-4-13(10)26-17(21,22)23/h1-8H. The molecule has 0 unspecified atom stereocenters. The van der Waals surface area contributed by atoms with Crippen molar-refractivity contribution in [2.24, 2.45) is 0 Å². The SMILES string of the molecule is O=c1cc(C(F)(F)F)oc2cc(-c3ccccc3OC(F)(F)F)ccc12. The number of hydrogen-bond donors (Lipinski definition) is 0. The molecule has 1 aromatic heterocycles. The second kappa shape index (κ2) is 6.08. The molecule has 0 N–H and O–H groups in total. The van der Waals surface area contributed by atoms with Crippen molar-refractivity contribution in [2.45, 2.75) is 12.5 Å². The summed E-state index contributed by atoms with van der Waals surface area (Å²) in [5.41, 5.74) is -1.24. The van der Waals surface area contributed by atoms with Gasteiger partial charge >= 0.3 is 12.5 Å². The van der Waals surface area contributed by atoms with Gasteiger partial charge in [-0.3, -0.25) is 4.79 Å². The molecule has 0 saturated carbocycles. The lowest BCUT2D eigenvalue weighted by atomic mass is 10.0. The Labute approximate surface area is 141 Å². The number of benzene rings is 2. The molecule has 3 nitrogen and oxygen atoms in total. The third-order valence-electron chi connectivity index (χ3n) is 3.43. The largest absolute Gasteiger partial charge is 0.573 e. The minimum Gasteiger partial charge on any atom is -0.451 e. The zero-order valence-corrected chi connectivity index (χ0v) is 12.6. The van der Waals surface area contributed by atoms with Crippen molar-refractivity contribution in [1.82, 2.24) is 0 Å². The van der Waals surface area contributed by atoms with E-state index in [-0.39, 0.29) is 16.5 Å². The van der Waals surface area contributed by atoms with Gasteiger partial charge in [-0.2, -0.15) is 13.2 Å². The van der Waals surface area contributed by atoms with Crippen LogP contribution < -0.4 is 10.2 Å². The molecule has 0 fully saturated rings. The van der Waals surface area contributed by atoms with E-state index in [1.807, 2.05) is 0 Å². The molecule has 0 saturated heterocycles. The highest BCUT2D eigenvalue weighted by Crippen LogP contribution is 2.36.